The van der Waals surface area contributed by atoms with Gasteiger partial charge < -0.3 is 17.2 Å². The van der Waals surface area contributed by atoms with E-state index >= 15 is 0 Å². The van der Waals surface area contributed by atoms with Gasteiger partial charge in [0.05, 0.1) is 5.69 Å². The van der Waals surface area contributed by atoms with Crippen LogP contribution in [-0.2, 0) is 0 Å². The number of aryl methyl sites for hydroxylation is 1. The average molecular weight is 258 g/mol. The van der Waals surface area contributed by atoms with E-state index < -0.39 is 0 Å². The highest BCUT2D eigenvalue weighted by Crippen LogP contribution is 2.21. The number of nitrogens with zero attached hydrogens (tertiary/aromatic N) is 4. The molecule has 0 saturated heterocycles. The van der Waals surface area contributed by atoms with Gasteiger partial charge in [0, 0.05) is 5.56 Å². The highest BCUT2D eigenvalue weighted by Gasteiger charge is 2.04. The van der Waals surface area contributed by atoms with E-state index in [4.69, 9.17) is 17.2 Å². The van der Waals surface area contributed by atoms with Gasteiger partial charge in [-0.1, -0.05) is 12.1 Å². The normalized spacial score (nSPS) is 11.3. The molecule has 0 unspecified atom stereocenters. The molecule has 7 N–H and O–H groups in total. The van der Waals surface area contributed by atoms with Gasteiger partial charge in [0.2, 0.25) is 5.96 Å². The maximum atomic E-state index is 5.56. The van der Waals surface area contributed by atoms with Crippen molar-refractivity contribution in [2.24, 2.45) is 27.2 Å². The Balaban J connectivity index is 2.32. The molecular formula is C11H14N8. The summed E-state index contributed by atoms with van der Waals surface area (Å²) < 4.78 is 0. The van der Waals surface area contributed by atoms with Crippen molar-refractivity contribution in [2.45, 2.75) is 6.92 Å². The zero-order valence-electron chi connectivity index (χ0n) is 10.3. The third-order valence-electron chi connectivity index (χ3n) is 2.19. The first kappa shape index (κ1) is 12.6. The Morgan fingerprint density at radius 1 is 1.26 bits per heavy atom. The molecule has 0 radical (unpaired) electrons. The predicted octanol–water partition coefficient (Wildman–Crippen LogP) is -0.000280. The smallest absolute Gasteiger partial charge is 0.223 e. The first-order chi connectivity index (χ1) is 9.04. The van der Waals surface area contributed by atoms with Gasteiger partial charge >= 0.3 is 0 Å². The lowest BCUT2D eigenvalue weighted by Gasteiger charge is -1.99. The highest BCUT2D eigenvalue weighted by molar-refractivity contribution is 5.93. The van der Waals surface area contributed by atoms with Crippen LogP contribution in [0, 0.1) is 6.92 Å². The number of aromatic amines is 1. The minimum atomic E-state index is -0.137. The van der Waals surface area contributed by atoms with E-state index in [-0.39, 0.29) is 11.9 Å². The lowest BCUT2D eigenvalue weighted by atomic mass is 10.2. The summed E-state index contributed by atoms with van der Waals surface area (Å²) in [5, 5.41) is 6.85. The van der Waals surface area contributed by atoms with Crippen LogP contribution in [0.4, 0.5) is 5.69 Å². The number of benzene rings is 1. The number of rotatable bonds is 2. The fourth-order valence-corrected chi connectivity index (χ4v) is 1.48. The molecule has 0 amide bonds. The number of hydrogen-bond acceptors (Lipinski definition) is 3. The van der Waals surface area contributed by atoms with E-state index in [0.29, 0.717) is 11.5 Å². The molecule has 0 aliphatic heterocycles. The minimum absolute atomic E-state index is 0.0108. The topological polar surface area (TPSA) is 144 Å². The van der Waals surface area contributed by atoms with E-state index in [1.165, 1.54) is 0 Å². The number of nitrogens with two attached hydrogens (primary N) is 3. The van der Waals surface area contributed by atoms with Crippen LogP contribution in [0.5, 0.6) is 0 Å². The summed E-state index contributed by atoms with van der Waals surface area (Å²) in [5.41, 5.74) is 17.4. The maximum absolute atomic E-state index is 5.56. The monoisotopic (exact) mass is 258 g/mol. The molecule has 0 atom stereocenters. The van der Waals surface area contributed by atoms with E-state index in [0.717, 1.165) is 11.4 Å². The number of H-pyrrole nitrogens is 1. The molecule has 1 aromatic heterocycles. The Bertz CT molecular complexity index is 636. The molecule has 2 rings (SSSR count). The summed E-state index contributed by atoms with van der Waals surface area (Å²) in [7, 11) is 0. The lowest BCUT2D eigenvalue weighted by Crippen LogP contribution is -2.26. The highest BCUT2D eigenvalue weighted by atomic mass is 15.2. The minimum Gasteiger partial charge on any atom is -0.370 e. The molecule has 1 aromatic carbocycles. The van der Waals surface area contributed by atoms with Gasteiger partial charge in [0.1, 0.15) is 5.82 Å². The van der Waals surface area contributed by atoms with Crippen LogP contribution in [0.15, 0.2) is 34.3 Å². The maximum Gasteiger partial charge on any atom is 0.223 e. The average Bonchev–Trinajstić information content (AvgIpc) is 2.75. The molecule has 0 aliphatic carbocycles. The number of aliphatic imine (C=N–C) groups is 2. The van der Waals surface area contributed by atoms with Gasteiger partial charge in [0.25, 0.3) is 0 Å². The Kier molecular flexibility index (Phi) is 3.42. The van der Waals surface area contributed by atoms with E-state index in [9.17, 15) is 0 Å². The molecule has 8 nitrogen and oxygen atoms in total. The van der Waals surface area contributed by atoms with Crippen molar-refractivity contribution in [2.75, 3.05) is 0 Å². The molecule has 0 fully saturated rings. The van der Waals surface area contributed by atoms with Gasteiger partial charge in [-0.05, 0) is 19.1 Å². The summed E-state index contributed by atoms with van der Waals surface area (Å²) >= 11 is 0. The lowest BCUT2D eigenvalue weighted by molar-refractivity contribution is 1.04. The predicted molar refractivity (Wildman–Crippen MR) is 73.6 cm³/mol. The van der Waals surface area contributed by atoms with Crippen molar-refractivity contribution < 1.29 is 0 Å². The number of guanidine groups is 2. The van der Waals surface area contributed by atoms with Gasteiger partial charge in [-0.25, -0.2) is 9.98 Å². The van der Waals surface area contributed by atoms with Crippen LogP contribution in [0.2, 0.25) is 0 Å². The van der Waals surface area contributed by atoms with Crippen molar-refractivity contribution in [3.8, 4) is 11.4 Å². The van der Waals surface area contributed by atoms with Gasteiger partial charge in [-0.3, -0.25) is 5.10 Å². The van der Waals surface area contributed by atoms with E-state index in [1.807, 2.05) is 19.1 Å². The molecule has 98 valence electrons. The SMILES string of the molecule is Cc1nc(-c2cccc(N=C(N)N=C(N)N)c2)n[nH]1. The molecule has 0 saturated carbocycles. The summed E-state index contributed by atoms with van der Waals surface area (Å²) in [4.78, 5) is 12.0. The third-order valence-corrected chi connectivity index (χ3v) is 2.19. The largest absolute Gasteiger partial charge is 0.370 e. The molecular weight excluding hydrogens is 244 g/mol. The van der Waals surface area contributed by atoms with Crippen molar-refractivity contribution in [1.82, 2.24) is 15.2 Å². The van der Waals surface area contributed by atoms with Crippen LogP contribution in [0.25, 0.3) is 11.4 Å². The second-order valence-corrected chi connectivity index (χ2v) is 3.80. The zero-order chi connectivity index (χ0) is 13.8. The summed E-state index contributed by atoms with van der Waals surface area (Å²) in [6.07, 6.45) is 0. The fourth-order valence-electron chi connectivity index (χ4n) is 1.48. The molecule has 1 heterocycles. The van der Waals surface area contributed by atoms with E-state index in [2.05, 4.69) is 25.2 Å². The zero-order valence-corrected chi connectivity index (χ0v) is 10.3. The first-order valence-corrected chi connectivity index (χ1v) is 5.48. The Labute approximate surface area is 109 Å². The van der Waals surface area contributed by atoms with Crippen molar-refractivity contribution in [3.05, 3.63) is 30.1 Å². The van der Waals surface area contributed by atoms with Crippen LogP contribution in [-0.4, -0.2) is 27.1 Å². The van der Waals surface area contributed by atoms with Crippen LogP contribution < -0.4 is 17.2 Å². The molecule has 8 heteroatoms. The van der Waals surface area contributed by atoms with Crippen LogP contribution in [0.1, 0.15) is 5.82 Å². The summed E-state index contributed by atoms with van der Waals surface area (Å²) in [6.45, 7) is 1.83. The van der Waals surface area contributed by atoms with E-state index in [1.54, 1.807) is 12.1 Å². The molecule has 2 aromatic rings. The molecule has 0 spiro atoms. The molecule has 19 heavy (non-hydrogen) atoms. The van der Waals surface area contributed by atoms with Gasteiger partial charge in [-0.15, -0.1) is 0 Å². The Morgan fingerprint density at radius 2 is 2.05 bits per heavy atom. The number of hydrogen-bond donors (Lipinski definition) is 4. The summed E-state index contributed by atoms with van der Waals surface area (Å²) in [5.74, 6) is 1.18. The fraction of sp³-hybridized carbons (Fsp3) is 0.0909. The molecule has 0 bridgehead atoms. The first-order valence-electron chi connectivity index (χ1n) is 5.48. The standard InChI is InChI=1S/C11H14N8/c1-6-15-9(19-18-6)7-3-2-4-8(5-7)16-11(14)17-10(12)13/h2-5H,1H3,(H,15,18,19)(H6,12,13,14,16,17). The number of aromatic nitrogens is 3. The van der Waals surface area contributed by atoms with Crippen LogP contribution in [0.3, 0.4) is 0 Å². The van der Waals surface area contributed by atoms with Gasteiger partial charge in [-0.2, -0.15) is 10.1 Å². The van der Waals surface area contributed by atoms with Crippen molar-refractivity contribution in [1.29, 1.82) is 0 Å². The molecule has 0 aliphatic rings. The number of nitrogens with one attached hydrogen (secondary N) is 1. The Hall–Kier alpha value is -2.90. The quantitative estimate of drug-likeness (QED) is 0.442. The Morgan fingerprint density at radius 3 is 2.68 bits per heavy atom. The second-order valence-electron chi connectivity index (χ2n) is 3.80. The second kappa shape index (κ2) is 5.17. The van der Waals surface area contributed by atoms with Crippen molar-refractivity contribution >= 4 is 17.6 Å². The van der Waals surface area contributed by atoms with Crippen molar-refractivity contribution in [3.63, 3.8) is 0 Å². The van der Waals surface area contributed by atoms with Crippen LogP contribution >= 0.6 is 0 Å². The van der Waals surface area contributed by atoms with Gasteiger partial charge in [0.15, 0.2) is 11.8 Å². The third kappa shape index (κ3) is 3.28. The summed E-state index contributed by atoms with van der Waals surface area (Å²) in [6, 6.07) is 7.26.